The van der Waals surface area contributed by atoms with Gasteiger partial charge in [-0.05, 0) is 31.2 Å². The van der Waals surface area contributed by atoms with Crippen LogP contribution in [0.3, 0.4) is 0 Å². The van der Waals surface area contributed by atoms with Crippen LogP contribution in [0.1, 0.15) is 15.9 Å². The van der Waals surface area contributed by atoms with Crippen LogP contribution in [0.5, 0.6) is 11.6 Å². The Morgan fingerprint density at radius 2 is 2.03 bits per heavy atom. The Kier molecular flexibility index (Phi) is 5.05. The van der Waals surface area contributed by atoms with Crippen molar-refractivity contribution in [1.82, 2.24) is 9.97 Å². The Hall–Kier alpha value is -4.54. The number of amides is 2. The lowest BCUT2D eigenvalue weighted by Crippen LogP contribution is -2.26. The number of aromatic nitrogens is 2. The molecule has 0 atom stereocenters. The van der Waals surface area contributed by atoms with Gasteiger partial charge in [-0.1, -0.05) is 0 Å². The number of hydrogen-bond donors (Lipinski definition) is 5. The Morgan fingerprint density at radius 3 is 2.91 bits per heavy atom. The summed E-state index contributed by atoms with van der Waals surface area (Å²) in [7, 11) is 0. The molecule has 2 aromatic heterocycles. The molecule has 5 N–H and O–H groups in total. The molecule has 0 saturated heterocycles. The molecule has 33 heavy (non-hydrogen) atoms. The molecule has 1 aromatic carbocycles. The van der Waals surface area contributed by atoms with Crippen molar-refractivity contribution >= 4 is 40.3 Å². The second-order valence-corrected chi connectivity index (χ2v) is 7.47. The van der Waals surface area contributed by atoms with Crippen molar-refractivity contribution in [3.63, 3.8) is 0 Å². The quantitative estimate of drug-likeness (QED) is 0.408. The van der Waals surface area contributed by atoms with Crippen LogP contribution < -0.4 is 36.3 Å². The fourth-order valence-electron chi connectivity index (χ4n) is 3.65. The number of H-pyrrole nitrogens is 1. The van der Waals surface area contributed by atoms with Crippen LogP contribution in [-0.2, 0) is 4.79 Å². The summed E-state index contributed by atoms with van der Waals surface area (Å²) in [6.45, 7) is 3.01. The summed E-state index contributed by atoms with van der Waals surface area (Å²) in [5.74, 6) is 0.107. The molecule has 168 valence electrons. The number of ether oxygens (including phenoxy) is 2. The zero-order valence-electron chi connectivity index (χ0n) is 17.6. The predicted molar refractivity (Wildman–Crippen MR) is 122 cm³/mol. The minimum atomic E-state index is -0.618. The largest absolute Gasteiger partial charge is 0.482 e. The van der Waals surface area contributed by atoms with Crippen molar-refractivity contribution in [2.45, 2.75) is 6.92 Å². The van der Waals surface area contributed by atoms with Crippen LogP contribution in [0.2, 0.25) is 0 Å². The zero-order chi connectivity index (χ0) is 22.9. The van der Waals surface area contributed by atoms with Crippen LogP contribution in [0.25, 0.3) is 0 Å². The summed E-state index contributed by atoms with van der Waals surface area (Å²) >= 11 is 0. The molecule has 0 radical (unpaired) electrons. The number of carbonyl (C=O) groups is 2. The Labute approximate surface area is 187 Å². The number of anilines is 5. The summed E-state index contributed by atoms with van der Waals surface area (Å²) in [4.78, 5) is 44.0. The fourth-order valence-corrected chi connectivity index (χ4v) is 3.65. The Bertz CT molecular complexity index is 1340. The van der Waals surface area contributed by atoms with Crippen LogP contribution in [0, 0.1) is 6.92 Å². The van der Waals surface area contributed by atoms with Gasteiger partial charge in [-0.25, -0.2) is 4.98 Å². The topological polar surface area (TPSA) is 146 Å². The van der Waals surface area contributed by atoms with Gasteiger partial charge in [-0.3, -0.25) is 14.4 Å². The van der Waals surface area contributed by atoms with Crippen molar-refractivity contribution in [2.24, 2.45) is 0 Å². The minimum Gasteiger partial charge on any atom is -0.482 e. The number of nitrogens with one attached hydrogen (secondary N) is 5. The highest BCUT2D eigenvalue weighted by molar-refractivity contribution is 6.08. The van der Waals surface area contributed by atoms with Crippen LogP contribution >= 0.6 is 0 Å². The van der Waals surface area contributed by atoms with Gasteiger partial charge >= 0.3 is 0 Å². The van der Waals surface area contributed by atoms with Gasteiger partial charge in [0.15, 0.2) is 6.61 Å². The van der Waals surface area contributed by atoms with E-state index in [0.29, 0.717) is 47.5 Å². The molecule has 4 heterocycles. The van der Waals surface area contributed by atoms with Crippen molar-refractivity contribution in [3.8, 4) is 11.6 Å². The second kappa shape index (κ2) is 8.19. The number of rotatable bonds is 4. The monoisotopic (exact) mass is 448 g/mol. The molecule has 0 spiro atoms. The summed E-state index contributed by atoms with van der Waals surface area (Å²) in [5, 5.41) is 11.8. The molecule has 0 fully saturated rings. The highest BCUT2D eigenvalue weighted by Crippen LogP contribution is 2.34. The summed E-state index contributed by atoms with van der Waals surface area (Å²) in [6, 6.07) is 6.43. The standard InChI is InChI=1S/C22H20N6O5/c1-11-15(9-25-22-19(11)23-6-7-32-22)27-13-4-5-24-20(30)18(13)21(31)26-12-2-3-16-14(8-12)28-17(29)10-33-16/h2-5,8-9,23H,6-7,10H2,1H3,(H,26,31)(H,28,29)(H2,24,27,30). The first-order valence-corrected chi connectivity index (χ1v) is 10.2. The summed E-state index contributed by atoms with van der Waals surface area (Å²) in [6.07, 6.45) is 3.05. The first-order chi connectivity index (χ1) is 16.0. The lowest BCUT2D eigenvalue weighted by molar-refractivity contribution is -0.118. The Balaban J connectivity index is 1.43. The third-order valence-electron chi connectivity index (χ3n) is 5.27. The number of fused-ring (bicyclic) bond motifs is 2. The van der Waals surface area contributed by atoms with Gasteiger partial charge in [-0.15, -0.1) is 0 Å². The van der Waals surface area contributed by atoms with Crippen LogP contribution in [0.4, 0.5) is 28.4 Å². The van der Waals surface area contributed by atoms with Gasteiger partial charge in [0.05, 0.1) is 23.3 Å². The van der Waals surface area contributed by atoms with E-state index in [1.165, 1.54) is 6.20 Å². The first-order valence-electron chi connectivity index (χ1n) is 10.2. The molecule has 0 unspecified atom stereocenters. The molecule has 11 nitrogen and oxygen atoms in total. The summed E-state index contributed by atoms with van der Waals surface area (Å²) in [5.41, 5.74) is 2.72. The van der Waals surface area contributed by atoms with E-state index >= 15 is 0 Å². The molecule has 2 aliphatic heterocycles. The normalized spacial score (nSPS) is 13.9. The molecule has 3 aromatic rings. The number of benzene rings is 1. The van der Waals surface area contributed by atoms with Gasteiger partial charge in [0.25, 0.3) is 17.4 Å². The molecular formula is C22H20N6O5. The first kappa shape index (κ1) is 20.4. The van der Waals surface area contributed by atoms with Gasteiger partial charge in [-0.2, -0.15) is 0 Å². The molecule has 5 rings (SSSR count). The summed E-state index contributed by atoms with van der Waals surface area (Å²) < 4.78 is 10.9. The minimum absolute atomic E-state index is 0.0638. The highest BCUT2D eigenvalue weighted by atomic mass is 16.5. The molecule has 0 bridgehead atoms. The van der Waals surface area contributed by atoms with E-state index in [0.717, 1.165) is 11.3 Å². The molecule has 2 amide bonds. The number of nitrogens with zero attached hydrogens (tertiary/aromatic N) is 1. The van der Waals surface area contributed by atoms with Gasteiger partial charge in [0, 0.05) is 24.0 Å². The van der Waals surface area contributed by atoms with Crippen LogP contribution in [0.15, 0.2) is 41.5 Å². The van der Waals surface area contributed by atoms with Crippen molar-refractivity contribution in [1.29, 1.82) is 0 Å². The number of carbonyl (C=O) groups excluding carboxylic acids is 2. The smallest absolute Gasteiger partial charge is 0.263 e. The van der Waals surface area contributed by atoms with E-state index in [1.807, 2.05) is 6.92 Å². The van der Waals surface area contributed by atoms with Gasteiger partial charge in [0.1, 0.15) is 23.6 Å². The van der Waals surface area contributed by atoms with E-state index in [2.05, 4.69) is 31.2 Å². The van der Waals surface area contributed by atoms with Crippen LogP contribution in [-0.4, -0.2) is 41.5 Å². The number of aromatic amines is 1. The highest BCUT2D eigenvalue weighted by Gasteiger charge is 2.21. The number of hydrogen-bond acceptors (Lipinski definition) is 8. The maximum absolute atomic E-state index is 13.1. The lowest BCUT2D eigenvalue weighted by Gasteiger charge is -2.22. The molecule has 0 aliphatic carbocycles. The van der Waals surface area contributed by atoms with E-state index < -0.39 is 11.5 Å². The van der Waals surface area contributed by atoms with E-state index in [9.17, 15) is 14.4 Å². The number of pyridine rings is 2. The Morgan fingerprint density at radius 1 is 1.15 bits per heavy atom. The van der Waals surface area contributed by atoms with Crippen molar-refractivity contribution in [2.75, 3.05) is 41.0 Å². The zero-order valence-corrected chi connectivity index (χ0v) is 17.6. The molecular weight excluding hydrogens is 428 g/mol. The van der Waals surface area contributed by atoms with Crippen molar-refractivity contribution < 1.29 is 19.1 Å². The second-order valence-electron chi connectivity index (χ2n) is 7.47. The maximum atomic E-state index is 13.1. The molecule has 0 saturated carbocycles. The predicted octanol–water partition coefficient (Wildman–Crippen LogP) is 2.21. The van der Waals surface area contributed by atoms with Gasteiger partial charge in [0.2, 0.25) is 5.88 Å². The molecule has 2 aliphatic rings. The fraction of sp³-hybridized carbons (Fsp3) is 0.182. The maximum Gasteiger partial charge on any atom is 0.263 e. The van der Waals surface area contributed by atoms with Gasteiger partial charge < -0.3 is 35.7 Å². The van der Waals surface area contributed by atoms with E-state index in [1.54, 1.807) is 30.5 Å². The van der Waals surface area contributed by atoms with Crippen molar-refractivity contribution in [3.05, 3.63) is 58.1 Å². The van der Waals surface area contributed by atoms with E-state index in [-0.39, 0.29) is 18.1 Å². The molecule has 11 heteroatoms. The third-order valence-corrected chi connectivity index (χ3v) is 5.27. The third kappa shape index (κ3) is 3.91. The lowest BCUT2D eigenvalue weighted by atomic mass is 10.1. The average molecular weight is 448 g/mol. The SMILES string of the molecule is Cc1c(Nc2cc[nH]c(=O)c2C(=O)Nc2ccc3c(c2)NC(=O)CO3)cnc2c1NCCO2. The average Bonchev–Trinajstić information content (AvgIpc) is 2.81. The van der Waals surface area contributed by atoms with E-state index in [4.69, 9.17) is 9.47 Å².